The lowest BCUT2D eigenvalue weighted by Crippen LogP contribution is -2.00. The second-order valence-electron chi connectivity index (χ2n) is 5.35. The summed E-state index contributed by atoms with van der Waals surface area (Å²) in [7, 11) is -1.02. The first-order valence-electron chi connectivity index (χ1n) is 7.26. The zero-order valence-corrected chi connectivity index (χ0v) is 14.8. The molecule has 4 nitrogen and oxygen atoms in total. The van der Waals surface area contributed by atoms with Crippen molar-refractivity contribution < 1.29 is 9.00 Å². The molecule has 24 heavy (non-hydrogen) atoms. The van der Waals surface area contributed by atoms with E-state index >= 15 is 0 Å². The molecule has 0 fully saturated rings. The summed E-state index contributed by atoms with van der Waals surface area (Å²) in [6.45, 7) is 1.53. The Labute approximate surface area is 147 Å². The number of Topliss-reactive ketones (excluding diaryl/α,β-unsaturated/α-hetero) is 1. The highest BCUT2D eigenvalue weighted by atomic mass is 35.5. The van der Waals surface area contributed by atoms with Gasteiger partial charge in [0.2, 0.25) is 0 Å². The maximum Gasteiger partial charge on any atom is 0.159 e. The molecule has 6 heteroatoms. The van der Waals surface area contributed by atoms with Crippen molar-refractivity contribution in [2.24, 2.45) is 0 Å². The molecule has 0 aliphatic rings. The van der Waals surface area contributed by atoms with Crippen LogP contribution in [-0.2, 0) is 10.8 Å². The summed E-state index contributed by atoms with van der Waals surface area (Å²) in [6.07, 6.45) is 1.65. The van der Waals surface area contributed by atoms with Gasteiger partial charge in [-0.1, -0.05) is 23.7 Å². The Morgan fingerprint density at radius 1 is 1.08 bits per heavy atom. The third-order valence-electron chi connectivity index (χ3n) is 3.68. The highest BCUT2D eigenvalue weighted by Gasteiger charge is 2.12. The minimum absolute atomic E-state index is 0.0171. The molecule has 3 rings (SSSR count). The van der Waals surface area contributed by atoms with E-state index in [4.69, 9.17) is 11.6 Å². The summed E-state index contributed by atoms with van der Waals surface area (Å²) in [4.78, 5) is 12.2. The van der Waals surface area contributed by atoms with Crippen molar-refractivity contribution in [2.45, 2.75) is 11.8 Å². The van der Waals surface area contributed by atoms with E-state index < -0.39 is 10.8 Å². The van der Waals surface area contributed by atoms with Gasteiger partial charge in [-0.05, 0) is 43.3 Å². The Kier molecular flexibility index (Phi) is 4.64. The zero-order valence-electron chi connectivity index (χ0n) is 13.2. The van der Waals surface area contributed by atoms with Gasteiger partial charge < -0.3 is 0 Å². The summed E-state index contributed by atoms with van der Waals surface area (Å²) in [5.41, 5.74) is 3.20. The van der Waals surface area contributed by atoms with Crippen LogP contribution in [0.25, 0.3) is 16.9 Å². The maximum absolute atomic E-state index is 11.5. The molecule has 0 bridgehead atoms. The van der Waals surface area contributed by atoms with Crippen molar-refractivity contribution in [2.75, 3.05) is 6.26 Å². The van der Waals surface area contributed by atoms with E-state index in [1.54, 1.807) is 29.1 Å². The topological polar surface area (TPSA) is 52.0 Å². The fourth-order valence-corrected chi connectivity index (χ4v) is 3.11. The molecule has 122 valence electrons. The number of hydrogen-bond donors (Lipinski definition) is 0. The first-order valence-corrected chi connectivity index (χ1v) is 9.20. The molecule has 2 aromatic carbocycles. The van der Waals surface area contributed by atoms with E-state index in [0.717, 1.165) is 21.8 Å². The van der Waals surface area contributed by atoms with Crippen LogP contribution in [0.5, 0.6) is 0 Å². The minimum atomic E-state index is -1.02. The first-order chi connectivity index (χ1) is 11.5. The Balaban J connectivity index is 2.04. The van der Waals surface area contributed by atoms with Gasteiger partial charge >= 0.3 is 0 Å². The van der Waals surface area contributed by atoms with Gasteiger partial charge in [0.15, 0.2) is 10.9 Å². The number of halogens is 1. The summed E-state index contributed by atoms with van der Waals surface area (Å²) in [6, 6.07) is 16.4. The third-order valence-corrected chi connectivity index (χ3v) is 4.80. The Hall–Kier alpha value is -2.24. The number of ketones is 1. The van der Waals surface area contributed by atoms with E-state index in [-0.39, 0.29) is 5.78 Å². The summed E-state index contributed by atoms with van der Waals surface area (Å²) >= 11 is 6.09. The molecule has 0 amide bonds. The molecular formula is C18H15ClN2O2S. The fraction of sp³-hybridized carbons (Fsp3) is 0.111. The molecule has 0 aliphatic carbocycles. The smallest absolute Gasteiger partial charge is 0.159 e. The Bertz CT molecular complexity index is 840. The van der Waals surface area contributed by atoms with Gasteiger partial charge in [0.1, 0.15) is 0 Å². The average Bonchev–Trinajstić information content (AvgIpc) is 2.97. The van der Waals surface area contributed by atoms with Crippen LogP contribution < -0.4 is 0 Å². The minimum Gasteiger partial charge on any atom is -0.295 e. The van der Waals surface area contributed by atoms with Crippen LogP contribution in [0.15, 0.2) is 59.5 Å². The molecule has 0 saturated heterocycles. The van der Waals surface area contributed by atoms with Gasteiger partial charge in [-0.15, -0.1) is 0 Å². The van der Waals surface area contributed by atoms with E-state index in [0.29, 0.717) is 10.7 Å². The SMILES string of the molecule is CC(=O)c1ccc(-n2nc(Cl)cc2-c2ccc(S(C)=O)cc2)cc1. The van der Waals surface area contributed by atoms with E-state index in [2.05, 4.69) is 5.10 Å². The quantitative estimate of drug-likeness (QED) is 0.659. The first kappa shape index (κ1) is 16.6. The van der Waals surface area contributed by atoms with Crippen molar-refractivity contribution in [1.29, 1.82) is 0 Å². The standard InChI is InChI=1S/C18H15ClN2O2S/c1-12(22)13-3-7-15(8-4-13)21-17(11-18(19)20-21)14-5-9-16(10-6-14)24(2)23/h3-11H,1-2H3. The van der Waals surface area contributed by atoms with Crippen molar-refractivity contribution in [3.8, 4) is 16.9 Å². The van der Waals surface area contributed by atoms with Gasteiger partial charge in [0.05, 0.1) is 11.4 Å². The van der Waals surface area contributed by atoms with Crippen molar-refractivity contribution >= 4 is 28.2 Å². The molecule has 1 aromatic heterocycles. The highest BCUT2D eigenvalue weighted by molar-refractivity contribution is 7.84. The van der Waals surface area contributed by atoms with Gasteiger partial charge in [0, 0.05) is 39.1 Å². The van der Waals surface area contributed by atoms with Crippen LogP contribution in [0.2, 0.25) is 5.15 Å². The number of hydrogen-bond acceptors (Lipinski definition) is 3. The number of rotatable bonds is 4. The maximum atomic E-state index is 11.5. The number of carbonyl (C=O) groups excluding carboxylic acids is 1. The van der Waals surface area contributed by atoms with Gasteiger partial charge in [-0.25, -0.2) is 4.68 Å². The molecule has 0 N–H and O–H groups in total. The predicted molar refractivity (Wildman–Crippen MR) is 96.3 cm³/mol. The summed E-state index contributed by atoms with van der Waals surface area (Å²) < 4.78 is 13.2. The lowest BCUT2D eigenvalue weighted by atomic mass is 10.1. The Morgan fingerprint density at radius 3 is 2.25 bits per heavy atom. The molecule has 1 unspecified atom stereocenters. The monoisotopic (exact) mass is 358 g/mol. The second-order valence-corrected chi connectivity index (χ2v) is 7.11. The van der Waals surface area contributed by atoms with Crippen LogP contribution in [-0.4, -0.2) is 26.0 Å². The van der Waals surface area contributed by atoms with Crippen molar-refractivity contribution in [1.82, 2.24) is 9.78 Å². The van der Waals surface area contributed by atoms with Gasteiger partial charge in [-0.3, -0.25) is 9.00 Å². The van der Waals surface area contributed by atoms with E-state index in [1.165, 1.54) is 6.92 Å². The molecule has 3 aromatic rings. The van der Waals surface area contributed by atoms with Crippen molar-refractivity contribution in [3.05, 3.63) is 65.3 Å². The van der Waals surface area contributed by atoms with Crippen LogP contribution in [0.4, 0.5) is 0 Å². The number of aromatic nitrogens is 2. The highest BCUT2D eigenvalue weighted by Crippen LogP contribution is 2.27. The van der Waals surface area contributed by atoms with Crippen LogP contribution in [0.1, 0.15) is 17.3 Å². The molecule has 0 saturated carbocycles. The van der Waals surface area contributed by atoms with E-state index in [9.17, 15) is 9.00 Å². The molecular weight excluding hydrogens is 344 g/mol. The fourth-order valence-electron chi connectivity index (χ4n) is 2.41. The van der Waals surface area contributed by atoms with Crippen LogP contribution in [0, 0.1) is 0 Å². The molecule has 1 atom stereocenters. The molecule has 1 heterocycles. The van der Waals surface area contributed by atoms with Crippen molar-refractivity contribution in [3.63, 3.8) is 0 Å². The second kappa shape index (κ2) is 6.71. The predicted octanol–water partition coefficient (Wildman–Crippen LogP) is 4.13. The summed E-state index contributed by atoms with van der Waals surface area (Å²) in [5.74, 6) is 0.0171. The Morgan fingerprint density at radius 2 is 1.71 bits per heavy atom. The number of nitrogens with zero attached hydrogens (tertiary/aromatic N) is 2. The van der Waals surface area contributed by atoms with Gasteiger partial charge in [-0.2, -0.15) is 5.10 Å². The van der Waals surface area contributed by atoms with Crippen LogP contribution >= 0.6 is 11.6 Å². The number of benzene rings is 2. The normalized spacial score (nSPS) is 12.1. The number of carbonyl (C=O) groups is 1. The molecule has 0 spiro atoms. The van der Waals surface area contributed by atoms with E-state index in [1.807, 2.05) is 36.4 Å². The van der Waals surface area contributed by atoms with Crippen LogP contribution in [0.3, 0.4) is 0 Å². The largest absolute Gasteiger partial charge is 0.295 e. The lowest BCUT2D eigenvalue weighted by Gasteiger charge is -2.08. The van der Waals surface area contributed by atoms with Gasteiger partial charge in [0.25, 0.3) is 0 Å². The lowest BCUT2D eigenvalue weighted by molar-refractivity contribution is 0.101. The summed E-state index contributed by atoms with van der Waals surface area (Å²) in [5, 5.41) is 4.71. The average molecular weight is 359 g/mol. The molecule has 0 aliphatic heterocycles. The zero-order chi connectivity index (χ0) is 17.3. The third kappa shape index (κ3) is 3.32. The molecule has 0 radical (unpaired) electrons.